The molecule has 0 aliphatic heterocycles. The average molecular weight is 314 g/mol. The van der Waals surface area contributed by atoms with Crippen molar-refractivity contribution in [3.63, 3.8) is 0 Å². The van der Waals surface area contributed by atoms with Crippen molar-refractivity contribution >= 4 is 25.5 Å². The van der Waals surface area contributed by atoms with Gasteiger partial charge in [0.15, 0.2) is 0 Å². The molecule has 9 heteroatoms. The molecule has 1 atom stereocenters. The molecule has 0 fully saturated rings. The van der Waals surface area contributed by atoms with E-state index >= 15 is 0 Å². The second-order valence-electron chi connectivity index (χ2n) is 4.54. The van der Waals surface area contributed by atoms with E-state index in [0.29, 0.717) is 26.1 Å². The summed E-state index contributed by atoms with van der Waals surface area (Å²) in [5, 5.41) is 26.5. The van der Waals surface area contributed by atoms with E-state index in [2.05, 4.69) is 0 Å². The van der Waals surface area contributed by atoms with Crippen LogP contribution in [-0.2, 0) is 14.3 Å². The maximum atomic E-state index is 11.2. The molecule has 0 rings (SSSR count). The fraction of sp³-hybridized carbons (Fsp3) is 0.909. The number of unbranched alkanes of at least 4 members (excludes halogenated alkanes) is 1. The van der Waals surface area contributed by atoms with Gasteiger partial charge >= 0.3 is 13.1 Å². The standard InChI is InChI=1S/C11H24BNO6.ClH/c1-18-8-9-19-7-5-11(13,10(14)15)4-2-3-6-12(16)17;/h16-17H,2-9,13H2,1H3,(H,14,15);1H. The van der Waals surface area contributed by atoms with Crippen LogP contribution in [-0.4, -0.2) is 60.7 Å². The third kappa shape index (κ3) is 10.4. The van der Waals surface area contributed by atoms with Gasteiger partial charge in [-0.1, -0.05) is 12.8 Å². The van der Waals surface area contributed by atoms with Crippen LogP contribution in [0.2, 0.25) is 6.32 Å². The minimum Gasteiger partial charge on any atom is -0.480 e. The van der Waals surface area contributed by atoms with Gasteiger partial charge in [0.05, 0.1) is 13.2 Å². The van der Waals surface area contributed by atoms with E-state index < -0.39 is 18.6 Å². The summed E-state index contributed by atoms with van der Waals surface area (Å²) in [4.78, 5) is 11.2. The monoisotopic (exact) mass is 313 g/mol. The van der Waals surface area contributed by atoms with Crippen molar-refractivity contribution in [3.8, 4) is 0 Å². The molecular formula is C11H25BClNO6. The van der Waals surface area contributed by atoms with Crippen LogP contribution in [0.15, 0.2) is 0 Å². The van der Waals surface area contributed by atoms with Crippen LogP contribution in [0.5, 0.6) is 0 Å². The molecule has 0 saturated heterocycles. The lowest BCUT2D eigenvalue weighted by molar-refractivity contribution is -0.144. The summed E-state index contributed by atoms with van der Waals surface area (Å²) in [7, 11) is 0.207. The third-order valence-electron chi connectivity index (χ3n) is 2.89. The fourth-order valence-corrected chi connectivity index (χ4v) is 1.60. The van der Waals surface area contributed by atoms with E-state index in [0.717, 1.165) is 0 Å². The molecule has 0 bridgehead atoms. The second kappa shape index (κ2) is 12.4. The van der Waals surface area contributed by atoms with Crippen molar-refractivity contribution in [2.24, 2.45) is 5.73 Å². The number of halogens is 1. The van der Waals surface area contributed by atoms with E-state index in [9.17, 15) is 4.79 Å². The van der Waals surface area contributed by atoms with E-state index in [1.807, 2.05) is 0 Å². The number of carbonyl (C=O) groups is 1. The van der Waals surface area contributed by atoms with Crippen molar-refractivity contribution in [2.45, 2.75) is 37.5 Å². The lowest BCUT2D eigenvalue weighted by atomic mass is 9.81. The van der Waals surface area contributed by atoms with E-state index in [1.165, 1.54) is 0 Å². The number of hydrogen-bond acceptors (Lipinski definition) is 6. The van der Waals surface area contributed by atoms with Crippen molar-refractivity contribution in [2.75, 3.05) is 26.9 Å². The molecule has 0 aromatic carbocycles. The second-order valence-corrected chi connectivity index (χ2v) is 4.54. The van der Waals surface area contributed by atoms with Crippen LogP contribution < -0.4 is 5.73 Å². The quantitative estimate of drug-likeness (QED) is 0.293. The average Bonchev–Trinajstić information content (AvgIpc) is 2.34. The lowest BCUT2D eigenvalue weighted by Gasteiger charge is -2.24. The number of nitrogens with two attached hydrogens (primary N) is 1. The molecule has 0 aliphatic rings. The molecule has 0 spiro atoms. The Morgan fingerprint density at radius 2 is 1.85 bits per heavy atom. The van der Waals surface area contributed by atoms with Crippen LogP contribution in [0.25, 0.3) is 0 Å². The number of carboxylic acid groups (broad SMARTS) is 1. The van der Waals surface area contributed by atoms with Gasteiger partial charge in [0, 0.05) is 13.7 Å². The molecular weight excluding hydrogens is 288 g/mol. The van der Waals surface area contributed by atoms with Crippen LogP contribution >= 0.6 is 12.4 Å². The van der Waals surface area contributed by atoms with Gasteiger partial charge in [-0.3, -0.25) is 4.79 Å². The Labute approximate surface area is 126 Å². The number of carboxylic acids is 1. The molecule has 20 heavy (non-hydrogen) atoms. The van der Waals surface area contributed by atoms with Crippen molar-refractivity contribution in [1.29, 1.82) is 0 Å². The number of methoxy groups -OCH3 is 1. The molecule has 7 nitrogen and oxygen atoms in total. The molecule has 120 valence electrons. The first-order valence-corrected chi connectivity index (χ1v) is 6.37. The summed E-state index contributed by atoms with van der Waals surface area (Å²) in [5.41, 5.74) is 4.51. The Bertz CT molecular complexity index is 259. The fourth-order valence-electron chi connectivity index (χ4n) is 1.60. The minimum atomic E-state index is -1.35. The van der Waals surface area contributed by atoms with Gasteiger partial charge in [-0.25, -0.2) is 0 Å². The Balaban J connectivity index is 0. The van der Waals surface area contributed by atoms with Crippen molar-refractivity contribution in [3.05, 3.63) is 0 Å². The summed E-state index contributed by atoms with van der Waals surface area (Å²) in [6.07, 6.45) is 1.77. The molecule has 0 saturated carbocycles. The first-order valence-electron chi connectivity index (χ1n) is 6.37. The van der Waals surface area contributed by atoms with Crippen LogP contribution in [0.1, 0.15) is 25.7 Å². The molecule has 0 radical (unpaired) electrons. The van der Waals surface area contributed by atoms with Gasteiger partial charge in [0.25, 0.3) is 0 Å². The molecule has 5 N–H and O–H groups in total. The highest BCUT2D eigenvalue weighted by molar-refractivity contribution is 6.40. The highest BCUT2D eigenvalue weighted by Crippen LogP contribution is 2.17. The predicted octanol–water partition coefficient (Wildman–Crippen LogP) is -0.113. The van der Waals surface area contributed by atoms with E-state index in [4.69, 9.17) is 30.4 Å². The SMILES string of the molecule is COCCOCCC(N)(CCCCB(O)O)C(=O)O.Cl. The Morgan fingerprint density at radius 1 is 1.20 bits per heavy atom. The number of rotatable bonds is 12. The van der Waals surface area contributed by atoms with Crippen LogP contribution in [0.3, 0.4) is 0 Å². The van der Waals surface area contributed by atoms with E-state index in [1.54, 1.807) is 7.11 Å². The number of ether oxygens (including phenoxy) is 2. The first-order chi connectivity index (χ1) is 8.92. The minimum absolute atomic E-state index is 0. The predicted molar refractivity (Wildman–Crippen MR) is 78.0 cm³/mol. The molecule has 0 aliphatic carbocycles. The molecule has 1 unspecified atom stereocenters. The van der Waals surface area contributed by atoms with E-state index in [-0.39, 0.29) is 38.2 Å². The summed E-state index contributed by atoms with van der Waals surface area (Å²) in [6, 6.07) is 0. The topological polar surface area (TPSA) is 122 Å². The van der Waals surface area contributed by atoms with Gasteiger partial charge in [-0.2, -0.15) is 0 Å². The zero-order valence-corrected chi connectivity index (χ0v) is 12.6. The maximum Gasteiger partial charge on any atom is 0.451 e. The smallest absolute Gasteiger partial charge is 0.451 e. The highest BCUT2D eigenvalue weighted by atomic mass is 35.5. The highest BCUT2D eigenvalue weighted by Gasteiger charge is 2.33. The Hall–Kier alpha value is -0.375. The zero-order valence-electron chi connectivity index (χ0n) is 11.8. The molecule has 0 heterocycles. The van der Waals surface area contributed by atoms with Crippen LogP contribution in [0.4, 0.5) is 0 Å². The van der Waals surface area contributed by atoms with Gasteiger partial charge < -0.3 is 30.4 Å². The Kier molecular flexibility index (Phi) is 13.6. The van der Waals surface area contributed by atoms with Gasteiger partial charge in [-0.05, 0) is 19.2 Å². The van der Waals surface area contributed by atoms with Crippen LogP contribution in [0, 0.1) is 0 Å². The first kappa shape index (κ1) is 21.9. The van der Waals surface area contributed by atoms with Gasteiger partial charge in [-0.15, -0.1) is 12.4 Å². The van der Waals surface area contributed by atoms with Crippen molar-refractivity contribution in [1.82, 2.24) is 0 Å². The molecule has 0 aromatic heterocycles. The van der Waals surface area contributed by atoms with Gasteiger partial charge in [0.2, 0.25) is 0 Å². The zero-order chi connectivity index (χ0) is 14.7. The normalized spacial score (nSPS) is 13.4. The Morgan fingerprint density at radius 3 is 2.35 bits per heavy atom. The number of hydrogen-bond donors (Lipinski definition) is 4. The summed E-state index contributed by atoms with van der Waals surface area (Å²) < 4.78 is 10.0. The summed E-state index contributed by atoms with van der Waals surface area (Å²) >= 11 is 0. The number of aliphatic carboxylic acids is 1. The molecule has 0 aromatic rings. The summed E-state index contributed by atoms with van der Waals surface area (Å²) in [5.74, 6) is -1.06. The van der Waals surface area contributed by atoms with Gasteiger partial charge in [0.1, 0.15) is 5.54 Å². The maximum absolute atomic E-state index is 11.2. The summed E-state index contributed by atoms with van der Waals surface area (Å²) in [6.45, 7) is 1.12. The lowest BCUT2D eigenvalue weighted by Crippen LogP contribution is -2.48. The molecule has 0 amide bonds. The largest absolute Gasteiger partial charge is 0.480 e. The van der Waals surface area contributed by atoms with Crippen molar-refractivity contribution < 1.29 is 29.4 Å². The third-order valence-corrected chi connectivity index (χ3v) is 2.89.